The average Bonchev–Trinajstić information content (AvgIpc) is 2.10. The Bertz CT molecular complexity index is 280. The predicted molar refractivity (Wildman–Crippen MR) is 39.7 cm³/mol. The minimum Gasteiger partial charge on any atom is -0.276 e. The molecule has 1 rings (SSSR count). The first-order valence-corrected chi connectivity index (χ1v) is 3.18. The molecule has 0 radical (unpaired) electrons. The second-order valence-corrected chi connectivity index (χ2v) is 1.92. The molecule has 1 aromatic rings. The van der Waals surface area contributed by atoms with Crippen LogP contribution in [-0.4, -0.2) is 18.5 Å². The van der Waals surface area contributed by atoms with Crippen molar-refractivity contribution >= 4 is 12.2 Å². The molecule has 1 amide bonds. The van der Waals surface area contributed by atoms with Crippen molar-refractivity contribution in [3.05, 3.63) is 24.1 Å². The molecule has 0 saturated heterocycles. The number of hydrogen-bond acceptors (Lipinski definition) is 3. The van der Waals surface area contributed by atoms with E-state index in [2.05, 4.69) is 9.82 Å². The molecule has 0 aromatic carbocycles. The lowest BCUT2D eigenvalue weighted by Gasteiger charge is -2.12. The second-order valence-electron chi connectivity index (χ2n) is 1.92. The van der Waals surface area contributed by atoms with Crippen LogP contribution in [0.4, 0.5) is 10.2 Å². The van der Waals surface area contributed by atoms with E-state index in [0.717, 1.165) is 0 Å². The van der Waals surface area contributed by atoms with Crippen molar-refractivity contribution in [1.82, 2.24) is 4.98 Å². The number of amides is 1. The first-order chi connectivity index (χ1) is 5.79. The SMILES string of the molecule is CON(C=O)c1ncccc1F. The molecule has 1 aromatic heterocycles. The molecule has 0 atom stereocenters. The smallest absolute Gasteiger partial charge is 0.239 e. The van der Waals surface area contributed by atoms with E-state index >= 15 is 0 Å². The standard InChI is InChI=1S/C7H7FN2O2/c1-12-10(5-11)7-6(8)3-2-4-9-7/h2-5H,1H3. The van der Waals surface area contributed by atoms with Crippen molar-refractivity contribution in [1.29, 1.82) is 0 Å². The molecule has 4 nitrogen and oxygen atoms in total. The molecule has 64 valence electrons. The molecule has 0 spiro atoms. The van der Waals surface area contributed by atoms with Crippen LogP contribution in [-0.2, 0) is 9.63 Å². The fourth-order valence-corrected chi connectivity index (χ4v) is 0.719. The number of pyridine rings is 1. The number of nitrogens with zero attached hydrogens (tertiary/aromatic N) is 2. The fourth-order valence-electron chi connectivity index (χ4n) is 0.719. The molecular weight excluding hydrogens is 163 g/mol. The molecule has 0 aliphatic heterocycles. The molecule has 0 bridgehead atoms. The van der Waals surface area contributed by atoms with Gasteiger partial charge < -0.3 is 0 Å². The second kappa shape index (κ2) is 3.77. The number of aromatic nitrogens is 1. The fraction of sp³-hybridized carbons (Fsp3) is 0.143. The molecule has 0 N–H and O–H groups in total. The van der Waals surface area contributed by atoms with Gasteiger partial charge in [-0.1, -0.05) is 0 Å². The summed E-state index contributed by atoms with van der Waals surface area (Å²) in [6.07, 6.45) is 1.71. The summed E-state index contributed by atoms with van der Waals surface area (Å²) in [6.45, 7) is 0. The van der Waals surface area contributed by atoms with Crippen LogP contribution in [0.3, 0.4) is 0 Å². The van der Waals surface area contributed by atoms with E-state index in [0.29, 0.717) is 11.5 Å². The molecule has 5 heteroatoms. The Morgan fingerprint density at radius 3 is 3.00 bits per heavy atom. The van der Waals surface area contributed by atoms with Crippen molar-refractivity contribution in [3.63, 3.8) is 0 Å². The van der Waals surface area contributed by atoms with E-state index in [1.54, 1.807) is 0 Å². The third-order valence-corrected chi connectivity index (χ3v) is 1.24. The quantitative estimate of drug-likeness (QED) is 0.496. The summed E-state index contributed by atoms with van der Waals surface area (Å²) in [6, 6.07) is 2.62. The van der Waals surface area contributed by atoms with Gasteiger partial charge in [-0.3, -0.25) is 9.63 Å². The van der Waals surface area contributed by atoms with Gasteiger partial charge in [-0.2, -0.15) is 5.06 Å². The van der Waals surface area contributed by atoms with Gasteiger partial charge in [0.2, 0.25) is 6.41 Å². The summed E-state index contributed by atoms with van der Waals surface area (Å²) in [5, 5.41) is 0.704. The lowest BCUT2D eigenvalue weighted by molar-refractivity contribution is -0.113. The molecule has 0 aliphatic carbocycles. The van der Waals surface area contributed by atoms with Crippen molar-refractivity contribution in [2.45, 2.75) is 0 Å². The van der Waals surface area contributed by atoms with Gasteiger partial charge in [0.25, 0.3) is 0 Å². The maximum Gasteiger partial charge on any atom is 0.239 e. The Morgan fingerprint density at radius 1 is 1.75 bits per heavy atom. The summed E-state index contributed by atoms with van der Waals surface area (Å²) in [5.74, 6) is -0.749. The lowest BCUT2D eigenvalue weighted by Crippen LogP contribution is -2.21. The molecular formula is C7H7FN2O2. The number of hydrogen-bond donors (Lipinski definition) is 0. The Morgan fingerprint density at radius 2 is 2.50 bits per heavy atom. The molecule has 0 fully saturated rings. The van der Waals surface area contributed by atoms with Crippen molar-refractivity contribution < 1.29 is 14.0 Å². The third kappa shape index (κ3) is 1.57. The average molecular weight is 170 g/mol. The van der Waals surface area contributed by atoms with Gasteiger partial charge >= 0.3 is 0 Å². The van der Waals surface area contributed by atoms with Gasteiger partial charge in [0.1, 0.15) is 0 Å². The van der Waals surface area contributed by atoms with Crippen LogP contribution in [0, 0.1) is 5.82 Å². The largest absolute Gasteiger partial charge is 0.276 e. The topological polar surface area (TPSA) is 42.4 Å². The molecule has 0 saturated carbocycles. The van der Waals surface area contributed by atoms with E-state index in [1.165, 1.54) is 25.4 Å². The summed E-state index contributed by atoms with van der Waals surface area (Å²) in [5.41, 5.74) is 0. The van der Waals surface area contributed by atoms with E-state index < -0.39 is 5.82 Å². The summed E-state index contributed by atoms with van der Waals surface area (Å²) < 4.78 is 12.9. The minimum absolute atomic E-state index is 0.144. The highest BCUT2D eigenvalue weighted by atomic mass is 19.1. The normalized spacial score (nSPS) is 9.50. The predicted octanol–water partition coefficient (Wildman–Crippen LogP) is 0.745. The van der Waals surface area contributed by atoms with Gasteiger partial charge in [-0.05, 0) is 12.1 Å². The van der Waals surface area contributed by atoms with Crippen molar-refractivity contribution in [2.75, 3.05) is 12.2 Å². The first-order valence-electron chi connectivity index (χ1n) is 3.18. The number of carbonyl (C=O) groups is 1. The molecule has 1 heterocycles. The maximum absolute atomic E-state index is 12.9. The van der Waals surface area contributed by atoms with E-state index in [1.807, 2.05) is 0 Å². The Labute approximate surface area is 68.5 Å². The third-order valence-electron chi connectivity index (χ3n) is 1.24. The summed E-state index contributed by atoms with van der Waals surface area (Å²) >= 11 is 0. The van der Waals surface area contributed by atoms with Crippen LogP contribution in [0.1, 0.15) is 0 Å². The highest BCUT2D eigenvalue weighted by molar-refractivity contribution is 5.69. The maximum atomic E-state index is 12.9. The number of carbonyl (C=O) groups excluding carboxylic acids is 1. The monoisotopic (exact) mass is 170 g/mol. The van der Waals surface area contributed by atoms with E-state index in [9.17, 15) is 9.18 Å². The van der Waals surface area contributed by atoms with E-state index in [-0.39, 0.29) is 5.82 Å². The van der Waals surface area contributed by atoms with Gasteiger partial charge in [0.05, 0.1) is 7.11 Å². The van der Waals surface area contributed by atoms with Gasteiger partial charge in [-0.25, -0.2) is 9.37 Å². The van der Waals surface area contributed by atoms with Gasteiger partial charge in [0.15, 0.2) is 11.6 Å². The Balaban J connectivity index is 3.00. The zero-order chi connectivity index (χ0) is 8.97. The summed E-state index contributed by atoms with van der Waals surface area (Å²) in [7, 11) is 1.25. The number of halogens is 1. The first kappa shape index (κ1) is 8.61. The number of rotatable bonds is 3. The molecule has 12 heavy (non-hydrogen) atoms. The Kier molecular flexibility index (Phi) is 2.71. The minimum atomic E-state index is -0.605. The van der Waals surface area contributed by atoms with Crippen LogP contribution in [0.2, 0.25) is 0 Å². The zero-order valence-corrected chi connectivity index (χ0v) is 6.40. The van der Waals surface area contributed by atoms with Gasteiger partial charge in [-0.15, -0.1) is 0 Å². The zero-order valence-electron chi connectivity index (χ0n) is 6.40. The van der Waals surface area contributed by atoms with Gasteiger partial charge in [0, 0.05) is 6.20 Å². The summed E-state index contributed by atoms with van der Waals surface area (Å²) in [4.78, 5) is 18.4. The van der Waals surface area contributed by atoms with Crippen LogP contribution in [0.5, 0.6) is 0 Å². The highest BCUT2D eigenvalue weighted by Crippen LogP contribution is 2.12. The molecule has 0 unspecified atom stereocenters. The van der Waals surface area contributed by atoms with E-state index in [4.69, 9.17) is 0 Å². The van der Waals surface area contributed by atoms with Crippen LogP contribution in [0.25, 0.3) is 0 Å². The number of anilines is 1. The van der Waals surface area contributed by atoms with Crippen LogP contribution >= 0.6 is 0 Å². The lowest BCUT2D eigenvalue weighted by atomic mass is 10.4. The highest BCUT2D eigenvalue weighted by Gasteiger charge is 2.10. The van der Waals surface area contributed by atoms with Crippen LogP contribution < -0.4 is 5.06 Å². The van der Waals surface area contributed by atoms with Crippen molar-refractivity contribution in [2.24, 2.45) is 0 Å². The van der Waals surface area contributed by atoms with Crippen molar-refractivity contribution in [3.8, 4) is 0 Å². The van der Waals surface area contributed by atoms with Crippen LogP contribution in [0.15, 0.2) is 18.3 Å². The Hall–Kier alpha value is -1.49. The molecule has 0 aliphatic rings. The number of hydroxylamine groups is 1.